The summed E-state index contributed by atoms with van der Waals surface area (Å²) in [6.07, 6.45) is 1.88. The molecule has 0 aliphatic carbocycles. The Labute approximate surface area is 129 Å². The lowest BCUT2D eigenvalue weighted by atomic mass is 9.76. The number of hydrogen-bond acceptors (Lipinski definition) is 3. The Balaban J connectivity index is 2.25. The van der Waals surface area contributed by atoms with Gasteiger partial charge in [-0.1, -0.05) is 31.5 Å². The zero-order valence-corrected chi connectivity index (χ0v) is 13.0. The second-order valence-corrected chi connectivity index (χ2v) is 6.63. The van der Waals surface area contributed by atoms with Gasteiger partial charge in [-0.25, -0.2) is 0 Å². The summed E-state index contributed by atoms with van der Waals surface area (Å²) < 4.78 is 0. The largest absolute Gasteiger partial charge is 0.480 e. The molecule has 0 radical (unpaired) electrons. The number of carboxylic acid groups (broad SMARTS) is 1. The summed E-state index contributed by atoms with van der Waals surface area (Å²) in [5.74, 6) is -0.788. The first-order valence-electron chi connectivity index (χ1n) is 7.00. The van der Waals surface area contributed by atoms with Crippen molar-refractivity contribution in [2.75, 3.05) is 6.54 Å². The molecular formula is C16H19ClN2O2. The smallest absolute Gasteiger partial charge is 0.321 e. The van der Waals surface area contributed by atoms with Crippen LogP contribution in [-0.4, -0.2) is 28.6 Å². The van der Waals surface area contributed by atoms with E-state index in [1.807, 2.05) is 24.8 Å². The van der Waals surface area contributed by atoms with Crippen LogP contribution in [0.5, 0.6) is 0 Å². The summed E-state index contributed by atoms with van der Waals surface area (Å²) in [6.45, 7) is 5.23. The fourth-order valence-corrected chi connectivity index (χ4v) is 3.36. The van der Waals surface area contributed by atoms with Crippen LogP contribution in [0.15, 0.2) is 18.2 Å². The molecule has 1 fully saturated rings. The molecule has 1 aliphatic rings. The number of carboxylic acids is 1. The quantitative estimate of drug-likeness (QED) is 0.930. The Morgan fingerprint density at radius 3 is 2.86 bits per heavy atom. The summed E-state index contributed by atoms with van der Waals surface area (Å²) >= 11 is 6.20. The van der Waals surface area contributed by atoms with Gasteiger partial charge in [-0.3, -0.25) is 9.69 Å². The van der Waals surface area contributed by atoms with E-state index in [2.05, 4.69) is 0 Å². The Hall–Kier alpha value is -1.57. The first-order chi connectivity index (χ1) is 9.85. The van der Waals surface area contributed by atoms with Crippen molar-refractivity contribution in [1.29, 1.82) is 5.26 Å². The maximum atomic E-state index is 11.6. The third-order valence-electron chi connectivity index (χ3n) is 4.16. The molecule has 2 rings (SSSR count). The van der Waals surface area contributed by atoms with Gasteiger partial charge >= 0.3 is 5.97 Å². The van der Waals surface area contributed by atoms with Gasteiger partial charge in [-0.05, 0) is 42.5 Å². The van der Waals surface area contributed by atoms with E-state index in [1.54, 1.807) is 18.2 Å². The van der Waals surface area contributed by atoms with Gasteiger partial charge in [-0.15, -0.1) is 0 Å². The molecule has 0 saturated carbocycles. The molecule has 1 saturated heterocycles. The monoisotopic (exact) mass is 306 g/mol. The maximum Gasteiger partial charge on any atom is 0.321 e. The van der Waals surface area contributed by atoms with Gasteiger partial charge in [0.05, 0.1) is 11.6 Å². The molecule has 0 aromatic heterocycles. The standard InChI is InChI=1S/C16H19ClN2O2/c1-16(2)6-3-7-19(14(16)15(20)21)10-12-5-4-11(9-18)8-13(12)17/h4-5,8,14H,3,6-7,10H2,1-2H3,(H,20,21). The zero-order valence-electron chi connectivity index (χ0n) is 12.3. The molecule has 5 heteroatoms. The minimum Gasteiger partial charge on any atom is -0.480 e. The van der Waals surface area contributed by atoms with E-state index in [4.69, 9.17) is 16.9 Å². The highest BCUT2D eigenvalue weighted by molar-refractivity contribution is 6.31. The van der Waals surface area contributed by atoms with Crippen molar-refractivity contribution in [3.8, 4) is 6.07 Å². The number of likely N-dealkylation sites (tertiary alicyclic amines) is 1. The first-order valence-corrected chi connectivity index (χ1v) is 7.38. The van der Waals surface area contributed by atoms with Gasteiger partial charge in [0, 0.05) is 11.6 Å². The van der Waals surface area contributed by atoms with Crippen molar-refractivity contribution >= 4 is 17.6 Å². The molecule has 0 amide bonds. The molecule has 0 bridgehead atoms. The summed E-state index contributed by atoms with van der Waals surface area (Å²) in [4.78, 5) is 13.6. The number of halogens is 1. The Morgan fingerprint density at radius 1 is 1.57 bits per heavy atom. The van der Waals surface area contributed by atoms with Gasteiger partial charge in [0.15, 0.2) is 0 Å². The van der Waals surface area contributed by atoms with E-state index in [0.29, 0.717) is 17.1 Å². The van der Waals surface area contributed by atoms with E-state index in [1.165, 1.54) is 0 Å². The number of carbonyl (C=O) groups is 1. The van der Waals surface area contributed by atoms with E-state index in [0.717, 1.165) is 24.9 Å². The lowest BCUT2D eigenvalue weighted by Gasteiger charge is -2.44. The van der Waals surface area contributed by atoms with Gasteiger partial charge in [0.2, 0.25) is 0 Å². The number of piperidine rings is 1. The van der Waals surface area contributed by atoms with Gasteiger partial charge in [-0.2, -0.15) is 5.26 Å². The van der Waals surface area contributed by atoms with Crippen molar-refractivity contribution in [2.24, 2.45) is 5.41 Å². The molecule has 112 valence electrons. The number of nitrogens with zero attached hydrogens (tertiary/aromatic N) is 2. The van der Waals surface area contributed by atoms with Crippen molar-refractivity contribution in [3.05, 3.63) is 34.3 Å². The highest BCUT2D eigenvalue weighted by Crippen LogP contribution is 2.36. The van der Waals surface area contributed by atoms with E-state index < -0.39 is 12.0 Å². The van der Waals surface area contributed by atoms with Crippen LogP contribution >= 0.6 is 11.6 Å². The number of rotatable bonds is 3. The Morgan fingerprint density at radius 2 is 2.29 bits per heavy atom. The zero-order chi connectivity index (χ0) is 15.6. The lowest BCUT2D eigenvalue weighted by molar-refractivity contribution is -0.151. The molecule has 1 atom stereocenters. The average Bonchev–Trinajstić information content (AvgIpc) is 2.39. The van der Waals surface area contributed by atoms with Gasteiger partial charge < -0.3 is 5.11 Å². The molecule has 1 aromatic rings. The van der Waals surface area contributed by atoms with Crippen LogP contribution in [0.3, 0.4) is 0 Å². The summed E-state index contributed by atoms with van der Waals surface area (Å²) in [6, 6.07) is 6.68. The van der Waals surface area contributed by atoms with Crippen LogP contribution in [0.4, 0.5) is 0 Å². The summed E-state index contributed by atoms with van der Waals surface area (Å²) in [7, 11) is 0. The SMILES string of the molecule is CC1(C)CCCN(Cc2ccc(C#N)cc2Cl)C1C(=O)O. The van der Waals surface area contributed by atoms with Crippen LogP contribution < -0.4 is 0 Å². The number of aliphatic carboxylic acids is 1. The van der Waals surface area contributed by atoms with Crippen molar-refractivity contribution in [1.82, 2.24) is 4.90 Å². The summed E-state index contributed by atoms with van der Waals surface area (Å²) in [5, 5.41) is 18.9. The summed E-state index contributed by atoms with van der Waals surface area (Å²) in [5.41, 5.74) is 1.11. The van der Waals surface area contributed by atoms with Gasteiger partial charge in [0.25, 0.3) is 0 Å². The van der Waals surface area contributed by atoms with Crippen LogP contribution in [0.25, 0.3) is 0 Å². The predicted molar refractivity (Wildman–Crippen MR) is 81.0 cm³/mol. The van der Waals surface area contributed by atoms with Crippen LogP contribution in [0, 0.1) is 16.7 Å². The topological polar surface area (TPSA) is 64.3 Å². The number of nitriles is 1. The fraction of sp³-hybridized carbons (Fsp3) is 0.500. The van der Waals surface area contributed by atoms with Crippen LogP contribution in [0.1, 0.15) is 37.8 Å². The minimum atomic E-state index is -0.788. The van der Waals surface area contributed by atoms with E-state index >= 15 is 0 Å². The van der Waals surface area contributed by atoms with Gasteiger partial charge in [0.1, 0.15) is 6.04 Å². The average molecular weight is 307 g/mol. The van der Waals surface area contributed by atoms with Crippen molar-refractivity contribution in [3.63, 3.8) is 0 Å². The molecule has 0 spiro atoms. The lowest BCUT2D eigenvalue weighted by Crippen LogP contribution is -2.53. The molecule has 21 heavy (non-hydrogen) atoms. The molecule has 4 nitrogen and oxygen atoms in total. The Kier molecular flexibility index (Phi) is 4.55. The van der Waals surface area contributed by atoms with Crippen LogP contribution in [-0.2, 0) is 11.3 Å². The molecule has 1 heterocycles. The molecular weight excluding hydrogens is 288 g/mol. The normalized spacial score (nSPS) is 21.7. The predicted octanol–water partition coefficient (Wildman–Crippen LogP) is 3.29. The fourth-order valence-electron chi connectivity index (χ4n) is 3.12. The van der Waals surface area contributed by atoms with E-state index in [-0.39, 0.29) is 5.41 Å². The van der Waals surface area contributed by atoms with Crippen molar-refractivity contribution < 1.29 is 9.90 Å². The number of benzene rings is 1. The third-order valence-corrected chi connectivity index (χ3v) is 4.51. The molecule has 1 aromatic carbocycles. The highest BCUT2D eigenvalue weighted by Gasteiger charge is 2.42. The second kappa shape index (κ2) is 6.05. The maximum absolute atomic E-state index is 11.6. The first kappa shape index (κ1) is 15.8. The Bertz CT molecular complexity index is 592. The number of hydrogen-bond donors (Lipinski definition) is 1. The molecule has 1 N–H and O–H groups in total. The van der Waals surface area contributed by atoms with Crippen molar-refractivity contribution in [2.45, 2.75) is 39.3 Å². The minimum absolute atomic E-state index is 0.261. The van der Waals surface area contributed by atoms with E-state index in [9.17, 15) is 9.90 Å². The molecule has 1 unspecified atom stereocenters. The third kappa shape index (κ3) is 3.37. The second-order valence-electron chi connectivity index (χ2n) is 6.22. The van der Waals surface area contributed by atoms with Crippen LogP contribution in [0.2, 0.25) is 5.02 Å². The highest BCUT2D eigenvalue weighted by atomic mass is 35.5. The molecule has 1 aliphatic heterocycles.